The summed E-state index contributed by atoms with van der Waals surface area (Å²) < 4.78 is 29.4. The van der Waals surface area contributed by atoms with Crippen molar-refractivity contribution in [2.75, 3.05) is 36.4 Å². The summed E-state index contributed by atoms with van der Waals surface area (Å²) in [5, 5.41) is 2.75. The fourth-order valence-corrected chi connectivity index (χ4v) is 5.65. The summed E-state index contributed by atoms with van der Waals surface area (Å²) in [5.41, 5.74) is 1.92. The van der Waals surface area contributed by atoms with Gasteiger partial charge in [-0.05, 0) is 41.8 Å². The average molecular weight is 507 g/mol. The molecule has 0 unspecified atom stereocenters. The highest BCUT2D eigenvalue weighted by molar-refractivity contribution is 7.89. The molecule has 36 heavy (non-hydrogen) atoms. The standard InChI is InChI=1S/C25H26N6O4S/c32-22-10-7-19-17-20(8-9-21(19)28-22)36(34,35)29-23(18-5-2-1-3-6-18)24(33)30-13-15-31(16-14-30)25-26-11-4-12-27-25/h1-6,8-9,11-12,17,23,29H,7,10,13-16H2,(H,28,32)/t23-/m1/s1. The molecule has 0 spiro atoms. The summed E-state index contributed by atoms with van der Waals surface area (Å²) >= 11 is 0. The van der Waals surface area contributed by atoms with E-state index in [4.69, 9.17) is 0 Å². The fourth-order valence-electron chi connectivity index (χ4n) is 4.42. The van der Waals surface area contributed by atoms with Gasteiger partial charge in [-0.15, -0.1) is 0 Å². The molecule has 11 heteroatoms. The molecule has 10 nitrogen and oxygen atoms in total. The van der Waals surface area contributed by atoms with Crippen LogP contribution in [0.1, 0.15) is 23.6 Å². The molecular formula is C25H26N6O4S. The van der Waals surface area contributed by atoms with E-state index >= 15 is 0 Å². The number of fused-ring (bicyclic) bond motifs is 1. The van der Waals surface area contributed by atoms with Gasteiger partial charge in [0.2, 0.25) is 27.8 Å². The third-order valence-electron chi connectivity index (χ3n) is 6.36. The molecule has 1 saturated heterocycles. The van der Waals surface area contributed by atoms with Gasteiger partial charge in [0.25, 0.3) is 0 Å². The minimum absolute atomic E-state index is 0.0529. The van der Waals surface area contributed by atoms with E-state index in [0.717, 1.165) is 5.56 Å². The molecule has 2 aromatic carbocycles. The summed E-state index contributed by atoms with van der Waals surface area (Å²) in [7, 11) is -4.03. The number of hydrogen-bond acceptors (Lipinski definition) is 7. The molecular weight excluding hydrogens is 480 g/mol. The van der Waals surface area contributed by atoms with Gasteiger partial charge in [0, 0.05) is 50.7 Å². The summed E-state index contributed by atoms with van der Waals surface area (Å²) in [5.74, 6) is 0.196. The molecule has 1 aromatic heterocycles. The maximum Gasteiger partial charge on any atom is 0.245 e. The van der Waals surface area contributed by atoms with Crippen molar-refractivity contribution in [1.29, 1.82) is 0 Å². The Hall–Kier alpha value is -3.83. The first-order chi connectivity index (χ1) is 17.4. The van der Waals surface area contributed by atoms with Gasteiger partial charge in [-0.2, -0.15) is 4.72 Å². The summed E-state index contributed by atoms with van der Waals surface area (Å²) in [6.07, 6.45) is 4.11. The van der Waals surface area contributed by atoms with Crippen LogP contribution in [0.15, 0.2) is 71.9 Å². The molecule has 186 valence electrons. The van der Waals surface area contributed by atoms with Crippen molar-refractivity contribution < 1.29 is 18.0 Å². The molecule has 5 rings (SSSR count). The second-order valence-electron chi connectivity index (χ2n) is 8.69. The van der Waals surface area contributed by atoms with Crippen molar-refractivity contribution in [3.8, 4) is 0 Å². The first-order valence-electron chi connectivity index (χ1n) is 11.7. The molecule has 3 aromatic rings. The number of amides is 2. The van der Waals surface area contributed by atoms with Crippen molar-refractivity contribution in [2.24, 2.45) is 0 Å². The molecule has 0 radical (unpaired) electrons. The lowest BCUT2D eigenvalue weighted by Gasteiger charge is -2.36. The lowest BCUT2D eigenvalue weighted by atomic mass is 10.0. The van der Waals surface area contributed by atoms with Crippen molar-refractivity contribution in [1.82, 2.24) is 19.6 Å². The quantitative estimate of drug-likeness (QED) is 0.522. The summed E-state index contributed by atoms with van der Waals surface area (Å²) in [6, 6.07) is 14.1. The number of carbonyl (C=O) groups excluding carboxylic acids is 2. The highest BCUT2D eigenvalue weighted by atomic mass is 32.2. The third-order valence-corrected chi connectivity index (χ3v) is 7.78. The van der Waals surface area contributed by atoms with E-state index in [1.165, 1.54) is 6.07 Å². The number of piperazine rings is 1. The number of sulfonamides is 1. The second kappa shape index (κ2) is 10.0. The Bertz CT molecular complexity index is 1360. The first kappa shape index (κ1) is 23.9. The van der Waals surface area contributed by atoms with Crippen LogP contribution in [0, 0.1) is 0 Å². The molecule has 0 aliphatic carbocycles. The highest BCUT2D eigenvalue weighted by Crippen LogP contribution is 2.27. The zero-order valence-corrected chi connectivity index (χ0v) is 20.3. The zero-order valence-electron chi connectivity index (χ0n) is 19.5. The first-order valence-corrected chi connectivity index (χ1v) is 13.2. The van der Waals surface area contributed by atoms with Gasteiger partial charge < -0.3 is 15.1 Å². The van der Waals surface area contributed by atoms with Crippen LogP contribution in [0.2, 0.25) is 0 Å². The molecule has 2 aliphatic heterocycles. The van der Waals surface area contributed by atoms with Crippen LogP contribution >= 0.6 is 0 Å². The predicted octanol–water partition coefficient (Wildman–Crippen LogP) is 1.73. The Morgan fingerprint density at radius 3 is 2.39 bits per heavy atom. The Morgan fingerprint density at radius 2 is 1.67 bits per heavy atom. The SMILES string of the molecule is O=C1CCc2cc(S(=O)(=O)N[C@@H](C(=O)N3CCN(c4ncccn4)CC3)c3ccccc3)ccc2N1. The van der Waals surface area contributed by atoms with Gasteiger partial charge in [0.05, 0.1) is 4.90 Å². The van der Waals surface area contributed by atoms with Crippen LogP contribution in [0.4, 0.5) is 11.6 Å². The van der Waals surface area contributed by atoms with Crippen LogP contribution < -0.4 is 14.9 Å². The number of carbonyl (C=O) groups is 2. The molecule has 1 fully saturated rings. The van der Waals surface area contributed by atoms with E-state index in [2.05, 4.69) is 20.0 Å². The van der Waals surface area contributed by atoms with Crippen LogP contribution in [0.25, 0.3) is 0 Å². The monoisotopic (exact) mass is 506 g/mol. The highest BCUT2D eigenvalue weighted by Gasteiger charge is 2.33. The van der Waals surface area contributed by atoms with Crippen molar-refractivity contribution in [2.45, 2.75) is 23.8 Å². The normalized spacial score (nSPS) is 16.7. The minimum Gasteiger partial charge on any atom is -0.337 e. The van der Waals surface area contributed by atoms with Crippen LogP contribution in [0.3, 0.4) is 0 Å². The minimum atomic E-state index is -4.03. The molecule has 0 bridgehead atoms. The van der Waals surface area contributed by atoms with Gasteiger partial charge in [0.15, 0.2) is 0 Å². The number of nitrogens with one attached hydrogen (secondary N) is 2. The van der Waals surface area contributed by atoms with E-state index in [9.17, 15) is 18.0 Å². The van der Waals surface area contributed by atoms with Crippen molar-refractivity contribution >= 4 is 33.5 Å². The smallest absolute Gasteiger partial charge is 0.245 e. The van der Waals surface area contributed by atoms with E-state index < -0.39 is 16.1 Å². The number of hydrogen-bond donors (Lipinski definition) is 2. The Morgan fingerprint density at radius 1 is 0.944 bits per heavy atom. The number of rotatable bonds is 6. The van der Waals surface area contributed by atoms with E-state index in [-0.39, 0.29) is 16.7 Å². The number of aryl methyl sites for hydroxylation is 1. The predicted molar refractivity (Wildman–Crippen MR) is 134 cm³/mol. The molecule has 2 aliphatic rings. The second-order valence-corrected chi connectivity index (χ2v) is 10.4. The Balaban J connectivity index is 1.36. The van der Waals surface area contributed by atoms with Crippen molar-refractivity contribution in [3.63, 3.8) is 0 Å². The zero-order chi connectivity index (χ0) is 25.1. The topological polar surface area (TPSA) is 125 Å². The molecule has 2 N–H and O–H groups in total. The van der Waals surface area contributed by atoms with E-state index in [0.29, 0.717) is 56.2 Å². The largest absolute Gasteiger partial charge is 0.337 e. The maximum absolute atomic E-state index is 13.6. The lowest BCUT2D eigenvalue weighted by molar-refractivity contribution is -0.133. The fraction of sp³-hybridized carbons (Fsp3) is 0.280. The van der Waals surface area contributed by atoms with Gasteiger partial charge in [-0.25, -0.2) is 18.4 Å². The number of benzene rings is 2. The Kier molecular flexibility index (Phi) is 6.66. The summed E-state index contributed by atoms with van der Waals surface area (Å²) in [6.45, 7) is 1.92. The molecule has 0 saturated carbocycles. The van der Waals surface area contributed by atoms with Gasteiger partial charge in [0.1, 0.15) is 6.04 Å². The van der Waals surface area contributed by atoms with E-state index in [1.54, 1.807) is 59.8 Å². The van der Waals surface area contributed by atoms with Gasteiger partial charge in [-0.1, -0.05) is 30.3 Å². The molecule has 1 atom stereocenters. The molecule has 2 amide bonds. The van der Waals surface area contributed by atoms with E-state index in [1.807, 2.05) is 11.0 Å². The Labute approximate surface area is 209 Å². The number of nitrogens with zero attached hydrogens (tertiary/aromatic N) is 4. The van der Waals surface area contributed by atoms with Gasteiger partial charge in [-0.3, -0.25) is 9.59 Å². The van der Waals surface area contributed by atoms with Crippen LogP contribution in [-0.2, 0) is 26.0 Å². The number of aromatic nitrogens is 2. The van der Waals surface area contributed by atoms with Crippen LogP contribution in [-0.4, -0.2) is 61.3 Å². The van der Waals surface area contributed by atoms with Crippen LogP contribution in [0.5, 0.6) is 0 Å². The average Bonchev–Trinajstić information content (AvgIpc) is 2.92. The third kappa shape index (κ3) is 5.07. The number of anilines is 2. The van der Waals surface area contributed by atoms with Gasteiger partial charge >= 0.3 is 0 Å². The maximum atomic E-state index is 13.6. The van der Waals surface area contributed by atoms with Crippen molar-refractivity contribution in [3.05, 3.63) is 78.1 Å². The lowest BCUT2D eigenvalue weighted by Crippen LogP contribution is -2.52. The molecule has 3 heterocycles. The summed E-state index contributed by atoms with van der Waals surface area (Å²) in [4.78, 5) is 37.5.